The van der Waals surface area contributed by atoms with Gasteiger partial charge in [-0.15, -0.1) is 24.8 Å². The molecule has 17 heavy (non-hydrogen) atoms. The Morgan fingerprint density at radius 3 is 2.47 bits per heavy atom. The van der Waals surface area contributed by atoms with E-state index in [1.807, 2.05) is 16.9 Å². The van der Waals surface area contributed by atoms with Gasteiger partial charge in [-0.05, 0) is 18.9 Å². The number of rotatable bonds is 6. The highest BCUT2D eigenvalue weighted by atomic mass is 35.5. The Morgan fingerprint density at radius 2 is 2.06 bits per heavy atom. The van der Waals surface area contributed by atoms with E-state index < -0.39 is 0 Å². The van der Waals surface area contributed by atoms with E-state index in [0.29, 0.717) is 12.5 Å². The molecule has 0 aliphatic carbocycles. The minimum Gasteiger partial charge on any atom is -0.329 e. The molecule has 0 saturated heterocycles. The van der Waals surface area contributed by atoms with Crippen LogP contribution in [0.15, 0.2) is 18.5 Å². The number of nitrogens with two attached hydrogens (primary N) is 1. The lowest BCUT2D eigenvalue weighted by molar-refractivity contribution is 0.264. The van der Waals surface area contributed by atoms with Crippen molar-refractivity contribution >= 4 is 24.8 Å². The van der Waals surface area contributed by atoms with E-state index in [2.05, 4.69) is 31.2 Å². The van der Waals surface area contributed by atoms with Crippen molar-refractivity contribution in [2.24, 2.45) is 11.7 Å². The normalized spacial score (nSPS) is 13.7. The van der Waals surface area contributed by atoms with Crippen LogP contribution < -0.4 is 11.1 Å². The minimum absolute atomic E-state index is 0. The van der Waals surface area contributed by atoms with Gasteiger partial charge in [0.1, 0.15) is 0 Å². The molecule has 3 N–H and O–H groups in total. The Labute approximate surface area is 116 Å². The van der Waals surface area contributed by atoms with Crippen LogP contribution in [0.4, 0.5) is 0 Å². The summed E-state index contributed by atoms with van der Waals surface area (Å²) >= 11 is 0. The summed E-state index contributed by atoms with van der Waals surface area (Å²) in [6.07, 6.45) is 3.77. The molecule has 0 fully saturated rings. The van der Waals surface area contributed by atoms with Crippen LogP contribution in [0.25, 0.3) is 0 Å². The first kappa shape index (κ1) is 19.1. The van der Waals surface area contributed by atoms with Crippen molar-refractivity contribution in [1.82, 2.24) is 15.1 Å². The van der Waals surface area contributed by atoms with E-state index in [0.717, 1.165) is 13.1 Å². The molecule has 1 atom stereocenters. The van der Waals surface area contributed by atoms with Crippen LogP contribution >= 0.6 is 24.8 Å². The highest BCUT2D eigenvalue weighted by Gasteiger charge is 2.25. The van der Waals surface area contributed by atoms with Gasteiger partial charge < -0.3 is 11.1 Å². The first-order valence-corrected chi connectivity index (χ1v) is 5.51. The average Bonchev–Trinajstić information content (AvgIpc) is 2.70. The predicted octanol–water partition coefficient (Wildman–Crippen LogP) is 1.69. The van der Waals surface area contributed by atoms with Gasteiger partial charge in [0.15, 0.2) is 0 Å². The molecule has 0 amide bonds. The first-order valence-electron chi connectivity index (χ1n) is 5.51. The number of aromatic nitrogens is 2. The smallest absolute Gasteiger partial charge is 0.0534 e. The van der Waals surface area contributed by atoms with E-state index >= 15 is 0 Å². The molecule has 0 spiro atoms. The maximum atomic E-state index is 5.78. The molecular weight excluding hydrogens is 259 g/mol. The van der Waals surface area contributed by atoms with Gasteiger partial charge in [0, 0.05) is 31.0 Å². The Bertz CT molecular complexity index is 277. The van der Waals surface area contributed by atoms with Crippen molar-refractivity contribution in [3.8, 4) is 0 Å². The zero-order chi connectivity index (χ0) is 11.3. The summed E-state index contributed by atoms with van der Waals surface area (Å²) in [5.74, 6) is 0.528. The van der Waals surface area contributed by atoms with Gasteiger partial charge in [-0.1, -0.05) is 13.8 Å². The summed E-state index contributed by atoms with van der Waals surface area (Å²) in [6.45, 7) is 8.98. The van der Waals surface area contributed by atoms with Crippen molar-refractivity contribution in [3.63, 3.8) is 0 Å². The lowest BCUT2D eigenvalue weighted by Gasteiger charge is -2.33. The molecule has 4 nitrogen and oxygen atoms in total. The van der Waals surface area contributed by atoms with Crippen LogP contribution in [0.3, 0.4) is 0 Å². The van der Waals surface area contributed by atoms with Gasteiger partial charge in [0.05, 0.1) is 6.54 Å². The standard InChI is InChI=1S/C11H22N4.2ClH/c1-10(2)11(3,9-12)13-6-8-15-7-4-5-14-15;;/h4-5,7,10,13H,6,8-9,12H2,1-3H3;2*1H. The van der Waals surface area contributed by atoms with E-state index in [4.69, 9.17) is 5.73 Å². The van der Waals surface area contributed by atoms with E-state index in [1.165, 1.54) is 0 Å². The molecule has 1 heterocycles. The molecule has 0 aliphatic heterocycles. The third-order valence-corrected chi connectivity index (χ3v) is 3.13. The molecule has 1 aromatic rings. The van der Waals surface area contributed by atoms with Crippen LogP contribution in [0.1, 0.15) is 20.8 Å². The van der Waals surface area contributed by atoms with Crippen molar-refractivity contribution in [1.29, 1.82) is 0 Å². The molecule has 1 rings (SSSR count). The average molecular weight is 283 g/mol. The van der Waals surface area contributed by atoms with Gasteiger partial charge in [0.2, 0.25) is 0 Å². The van der Waals surface area contributed by atoms with E-state index in [1.54, 1.807) is 6.20 Å². The second kappa shape index (κ2) is 8.75. The van der Waals surface area contributed by atoms with E-state index in [-0.39, 0.29) is 30.4 Å². The molecule has 1 aromatic heterocycles. The molecule has 1 unspecified atom stereocenters. The second-order valence-corrected chi connectivity index (χ2v) is 4.47. The molecule has 0 bridgehead atoms. The highest BCUT2D eigenvalue weighted by molar-refractivity contribution is 5.85. The summed E-state index contributed by atoms with van der Waals surface area (Å²) in [6, 6.07) is 1.94. The molecule has 102 valence electrons. The van der Waals surface area contributed by atoms with Crippen LogP contribution in [0.5, 0.6) is 0 Å². The van der Waals surface area contributed by atoms with Crippen LogP contribution in [0.2, 0.25) is 0 Å². The Balaban J connectivity index is 0. The number of halogens is 2. The molecule has 0 radical (unpaired) electrons. The summed E-state index contributed by atoms with van der Waals surface area (Å²) in [5.41, 5.74) is 5.80. The monoisotopic (exact) mass is 282 g/mol. The molecule has 6 heteroatoms. The summed E-state index contributed by atoms with van der Waals surface area (Å²) in [5, 5.41) is 7.65. The maximum absolute atomic E-state index is 5.78. The number of nitrogens with zero attached hydrogens (tertiary/aromatic N) is 2. The van der Waals surface area contributed by atoms with Crippen LogP contribution in [0, 0.1) is 5.92 Å². The lowest BCUT2D eigenvalue weighted by Crippen LogP contribution is -2.53. The van der Waals surface area contributed by atoms with Crippen molar-refractivity contribution < 1.29 is 0 Å². The summed E-state index contributed by atoms with van der Waals surface area (Å²) in [7, 11) is 0. The third kappa shape index (κ3) is 5.73. The zero-order valence-electron chi connectivity index (χ0n) is 10.7. The Morgan fingerprint density at radius 1 is 1.41 bits per heavy atom. The third-order valence-electron chi connectivity index (χ3n) is 3.13. The number of hydrogen-bond donors (Lipinski definition) is 2. The number of nitrogens with one attached hydrogen (secondary N) is 1. The van der Waals surface area contributed by atoms with Gasteiger partial charge in [0.25, 0.3) is 0 Å². The lowest BCUT2D eigenvalue weighted by atomic mass is 9.88. The van der Waals surface area contributed by atoms with Crippen molar-refractivity contribution in [2.45, 2.75) is 32.9 Å². The van der Waals surface area contributed by atoms with Gasteiger partial charge >= 0.3 is 0 Å². The number of hydrogen-bond acceptors (Lipinski definition) is 3. The SMILES string of the molecule is CC(C)C(C)(CN)NCCn1cccn1.Cl.Cl. The van der Waals surface area contributed by atoms with Gasteiger partial charge in [-0.2, -0.15) is 5.10 Å². The molecule has 0 saturated carbocycles. The largest absolute Gasteiger partial charge is 0.329 e. The topological polar surface area (TPSA) is 55.9 Å². The Kier molecular flexibility index (Phi) is 9.81. The predicted molar refractivity (Wildman–Crippen MR) is 77.0 cm³/mol. The van der Waals surface area contributed by atoms with E-state index in [9.17, 15) is 0 Å². The fourth-order valence-electron chi connectivity index (χ4n) is 1.40. The van der Waals surface area contributed by atoms with Crippen molar-refractivity contribution in [3.05, 3.63) is 18.5 Å². The second-order valence-electron chi connectivity index (χ2n) is 4.47. The van der Waals surface area contributed by atoms with Gasteiger partial charge in [-0.25, -0.2) is 0 Å². The Hall–Kier alpha value is -0.290. The van der Waals surface area contributed by atoms with Crippen LogP contribution in [-0.2, 0) is 6.54 Å². The maximum Gasteiger partial charge on any atom is 0.0534 e. The first-order chi connectivity index (χ1) is 7.08. The highest BCUT2D eigenvalue weighted by Crippen LogP contribution is 2.14. The van der Waals surface area contributed by atoms with Crippen molar-refractivity contribution in [2.75, 3.05) is 13.1 Å². The summed E-state index contributed by atoms with van der Waals surface area (Å²) in [4.78, 5) is 0. The fourth-order valence-corrected chi connectivity index (χ4v) is 1.40. The fraction of sp³-hybridized carbons (Fsp3) is 0.727. The minimum atomic E-state index is 0. The zero-order valence-corrected chi connectivity index (χ0v) is 12.4. The molecule has 0 aromatic carbocycles. The molecule has 0 aliphatic rings. The van der Waals surface area contributed by atoms with Crippen LogP contribution in [-0.4, -0.2) is 28.4 Å². The summed E-state index contributed by atoms with van der Waals surface area (Å²) < 4.78 is 1.92. The molecular formula is C11H24Cl2N4. The van der Waals surface area contributed by atoms with Gasteiger partial charge in [-0.3, -0.25) is 4.68 Å². The quantitative estimate of drug-likeness (QED) is 0.835.